The molecule has 1 aromatic heterocycles. The van der Waals surface area contributed by atoms with E-state index in [1.807, 2.05) is 13.0 Å². The van der Waals surface area contributed by atoms with Crippen LogP contribution in [0.1, 0.15) is 21.7 Å². The zero-order valence-corrected chi connectivity index (χ0v) is 11.5. The number of nitriles is 1. The number of aliphatic carboxylic acids is 1. The maximum atomic E-state index is 11.7. The van der Waals surface area contributed by atoms with Crippen molar-refractivity contribution in [2.24, 2.45) is 0 Å². The van der Waals surface area contributed by atoms with Gasteiger partial charge in [0.2, 0.25) is 0 Å². The molecule has 0 spiro atoms. The van der Waals surface area contributed by atoms with Crippen molar-refractivity contribution in [3.05, 3.63) is 16.5 Å². The lowest BCUT2D eigenvalue weighted by atomic mass is 10.2. The SMILES string of the molecule is COC(=O)c1cc(C)sc1N(CC#N)CCC(=O)O. The molecule has 0 bridgehead atoms. The Hall–Kier alpha value is -2.07. The van der Waals surface area contributed by atoms with Gasteiger partial charge in [0.05, 0.1) is 25.2 Å². The van der Waals surface area contributed by atoms with Gasteiger partial charge in [-0.3, -0.25) is 4.79 Å². The molecule has 1 aromatic rings. The quantitative estimate of drug-likeness (QED) is 0.630. The molecule has 1 N–H and O–H groups in total. The smallest absolute Gasteiger partial charge is 0.340 e. The minimum atomic E-state index is -0.948. The van der Waals surface area contributed by atoms with E-state index in [1.54, 1.807) is 11.0 Å². The van der Waals surface area contributed by atoms with Gasteiger partial charge in [-0.25, -0.2) is 4.79 Å². The number of carboxylic acid groups (broad SMARTS) is 1. The van der Waals surface area contributed by atoms with Gasteiger partial charge in [0.25, 0.3) is 0 Å². The Morgan fingerprint density at radius 1 is 1.58 bits per heavy atom. The summed E-state index contributed by atoms with van der Waals surface area (Å²) in [6, 6.07) is 3.65. The van der Waals surface area contributed by atoms with Crippen LogP contribution in [0, 0.1) is 18.3 Å². The van der Waals surface area contributed by atoms with E-state index in [9.17, 15) is 9.59 Å². The highest BCUT2D eigenvalue weighted by molar-refractivity contribution is 7.16. The summed E-state index contributed by atoms with van der Waals surface area (Å²) in [5, 5.41) is 18.1. The first-order valence-electron chi connectivity index (χ1n) is 5.52. The normalized spacial score (nSPS) is 9.74. The van der Waals surface area contributed by atoms with E-state index in [1.165, 1.54) is 18.4 Å². The van der Waals surface area contributed by atoms with E-state index >= 15 is 0 Å². The van der Waals surface area contributed by atoms with E-state index in [4.69, 9.17) is 10.4 Å². The summed E-state index contributed by atoms with van der Waals surface area (Å²) in [6.07, 6.45) is -0.0980. The lowest BCUT2D eigenvalue weighted by Crippen LogP contribution is -2.27. The Kier molecular flexibility index (Phi) is 5.33. The zero-order chi connectivity index (χ0) is 14.4. The van der Waals surface area contributed by atoms with Crippen molar-refractivity contribution in [2.45, 2.75) is 13.3 Å². The molecule has 1 heterocycles. The third kappa shape index (κ3) is 3.96. The first-order valence-corrected chi connectivity index (χ1v) is 6.33. The second kappa shape index (κ2) is 6.75. The number of anilines is 1. The van der Waals surface area contributed by atoms with Crippen LogP contribution >= 0.6 is 11.3 Å². The first-order chi connectivity index (χ1) is 8.99. The molecule has 0 fully saturated rings. The number of hydrogen-bond donors (Lipinski definition) is 1. The van der Waals surface area contributed by atoms with Crippen molar-refractivity contribution in [3.8, 4) is 6.07 Å². The maximum Gasteiger partial charge on any atom is 0.340 e. The Labute approximate surface area is 114 Å². The maximum absolute atomic E-state index is 11.7. The zero-order valence-electron chi connectivity index (χ0n) is 10.7. The van der Waals surface area contributed by atoms with Gasteiger partial charge in [-0.2, -0.15) is 5.26 Å². The molecule has 0 aliphatic rings. The summed E-state index contributed by atoms with van der Waals surface area (Å²) in [4.78, 5) is 24.8. The number of aryl methyl sites for hydroxylation is 1. The summed E-state index contributed by atoms with van der Waals surface area (Å²) >= 11 is 1.34. The summed E-state index contributed by atoms with van der Waals surface area (Å²) in [7, 11) is 1.28. The van der Waals surface area contributed by atoms with Gasteiger partial charge in [0.1, 0.15) is 11.5 Å². The van der Waals surface area contributed by atoms with Crippen LogP contribution in [0.2, 0.25) is 0 Å². The van der Waals surface area contributed by atoms with Crippen molar-refractivity contribution in [3.63, 3.8) is 0 Å². The van der Waals surface area contributed by atoms with Crippen LogP contribution in [-0.4, -0.2) is 37.2 Å². The third-order valence-electron chi connectivity index (χ3n) is 2.39. The van der Waals surface area contributed by atoms with Crippen LogP contribution in [-0.2, 0) is 9.53 Å². The van der Waals surface area contributed by atoms with Gasteiger partial charge < -0.3 is 14.7 Å². The number of thiophene rings is 1. The lowest BCUT2D eigenvalue weighted by Gasteiger charge is -2.20. The molecule has 0 atom stereocenters. The fraction of sp³-hybridized carbons (Fsp3) is 0.417. The molecule has 6 nitrogen and oxygen atoms in total. The number of methoxy groups -OCH3 is 1. The fourth-order valence-electron chi connectivity index (χ4n) is 1.56. The number of esters is 1. The Balaban J connectivity index is 3.04. The number of carboxylic acids is 1. The fourth-order valence-corrected chi connectivity index (χ4v) is 2.58. The monoisotopic (exact) mass is 282 g/mol. The Morgan fingerprint density at radius 2 is 2.26 bits per heavy atom. The average Bonchev–Trinajstić information content (AvgIpc) is 2.75. The van der Waals surface area contributed by atoms with Crippen LogP contribution < -0.4 is 4.90 Å². The van der Waals surface area contributed by atoms with Gasteiger partial charge in [0, 0.05) is 11.4 Å². The van der Waals surface area contributed by atoms with E-state index in [0.717, 1.165) is 4.88 Å². The Morgan fingerprint density at radius 3 is 2.79 bits per heavy atom. The number of carbonyl (C=O) groups is 2. The van der Waals surface area contributed by atoms with Gasteiger partial charge in [-0.1, -0.05) is 0 Å². The highest BCUT2D eigenvalue weighted by atomic mass is 32.1. The summed E-state index contributed by atoms with van der Waals surface area (Å²) < 4.78 is 4.69. The second-order valence-corrected chi connectivity index (χ2v) is 5.03. The van der Waals surface area contributed by atoms with Gasteiger partial charge in [0.15, 0.2) is 0 Å². The van der Waals surface area contributed by atoms with E-state index in [2.05, 4.69) is 4.74 Å². The second-order valence-electron chi connectivity index (χ2n) is 3.79. The van der Waals surface area contributed by atoms with Gasteiger partial charge in [-0.05, 0) is 13.0 Å². The number of ether oxygens (including phenoxy) is 1. The number of nitrogens with zero attached hydrogens (tertiary/aromatic N) is 2. The molecule has 7 heteroatoms. The van der Waals surface area contributed by atoms with Crippen LogP contribution in [0.4, 0.5) is 5.00 Å². The molecule has 102 valence electrons. The predicted molar refractivity (Wildman–Crippen MR) is 70.5 cm³/mol. The minimum absolute atomic E-state index is 0.0250. The lowest BCUT2D eigenvalue weighted by molar-refractivity contribution is -0.136. The minimum Gasteiger partial charge on any atom is -0.481 e. The standard InChI is InChI=1S/C12H14N2O4S/c1-8-7-9(12(17)18-2)11(19-8)14(6-4-13)5-3-10(15)16/h7H,3,5-6H2,1-2H3,(H,15,16). The molecule has 0 aromatic carbocycles. The average molecular weight is 282 g/mol. The molecule has 1 rings (SSSR count). The van der Waals surface area contributed by atoms with Crippen LogP contribution in [0.25, 0.3) is 0 Å². The predicted octanol–water partition coefficient (Wildman–Crippen LogP) is 1.65. The molecule has 0 saturated carbocycles. The van der Waals surface area contributed by atoms with Crippen molar-refractivity contribution in [1.29, 1.82) is 5.26 Å². The van der Waals surface area contributed by atoms with Crippen molar-refractivity contribution in [1.82, 2.24) is 0 Å². The molecular formula is C12H14N2O4S. The highest BCUT2D eigenvalue weighted by Crippen LogP contribution is 2.31. The van der Waals surface area contributed by atoms with Crippen molar-refractivity contribution < 1.29 is 19.4 Å². The molecule has 0 amide bonds. The summed E-state index contributed by atoms with van der Waals surface area (Å²) in [5.41, 5.74) is 0.366. The number of carbonyl (C=O) groups excluding carboxylic acids is 1. The number of rotatable bonds is 6. The van der Waals surface area contributed by atoms with Crippen LogP contribution in [0.3, 0.4) is 0 Å². The Bertz CT molecular complexity index is 518. The third-order valence-corrected chi connectivity index (χ3v) is 3.50. The van der Waals surface area contributed by atoms with E-state index < -0.39 is 11.9 Å². The summed E-state index contributed by atoms with van der Waals surface area (Å²) in [6.45, 7) is 2.03. The highest BCUT2D eigenvalue weighted by Gasteiger charge is 2.20. The largest absolute Gasteiger partial charge is 0.481 e. The van der Waals surface area contributed by atoms with Crippen molar-refractivity contribution in [2.75, 3.05) is 25.1 Å². The molecule has 0 aliphatic heterocycles. The molecule has 0 aliphatic carbocycles. The molecular weight excluding hydrogens is 268 g/mol. The van der Waals surface area contributed by atoms with Crippen molar-refractivity contribution >= 4 is 28.3 Å². The topological polar surface area (TPSA) is 90.6 Å². The van der Waals surface area contributed by atoms with Crippen LogP contribution in [0.15, 0.2) is 6.07 Å². The first kappa shape index (κ1) is 15.0. The van der Waals surface area contributed by atoms with E-state index in [0.29, 0.717) is 10.6 Å². The van der Waals surface area contributed by atoms with E-state index in [-0.39, 0.29) is 19.5 Å². The van der Waals surface area contributed by atoms with Crippen LogP contribution in [0.5, 0.6) is 0 Å². The number of hydrogen-bond acceptors (Lipinski definition) is 6. The molecule has 0 saturated heterocycles. The molecule has 19 heavy (non-hydrogen) atoms. The van der Waals surface area contributed by atoms with Gasteiger partial charge >= 0.3 is 11.9 Å². The molecule has 0 radical (unpaired) electrons. The van der Waals surface area contributed by atoms with Gasteiger partial charge in [-0.15, -0.1) is 11.3 Å². The summed E-state index contributed by atoms with van der Waals surface area (Å²) in [5.74, 6) is -1.44. The molecule has 0 unspecified atom stereocenters.